The number of hydrogen-bond donors (Lipinski definition) is 0. The van der Waals surface area contributed by atoms with Gasteiger partial charge in [0.1, 0.15) is 0 Å². The van der Waals surface area contributed by atoms with Gasteiger partial charge in [-0.15, -0.1) is 0 Å². The Hall–Kier alpha value is -0.705. The molecule has 0 saturated heterocycles. The number of nitriles is 1. The minimum absolute atomic E-state index is 0.486. The third kappa shape index (κ3) is 2.05. The molecule has 0 aliphatic carbocycles. The van der Waals surface area contributed by atoms with Crippen LogP contribution in [0.25, 0.3) is 0 Å². The molecule has 0 aromatic rings. The molecule has 1 nitrogen and oxygen atoms in total. The molecule has 0 aliphatic rings. The van der Waals surface area contributed by atoms with Crippen molar-refractivity contribution in [1.29, 1.82) is 5.26 Å². The summed E-state index contributed by atoms with van der Waals surface area (Å²) in [6.45, 7) is 5.21. The zero-order valence-corrected chi connectivity index (χ0v) is 4.31. The molecule has 0 saturated carbocycles. The van der Waals surface area contributed by atoms with Gasteiger partial charge in [-0.05, 0) is 6.92 Å². The van der Waals surface area contributed by atoms with Crippen molar-refractivity contribution in [2.45, 2.75) is 12.7 Å². The van der Waals surface area contributed by atoms with Crippen molar-refractivity contribution in [3.8, 4) is 6.07 Å². The van der Waals surface area contributed by atoms with E-state index in [0.717, 1.165) is 0 Å². The molecule has 0 bridgehead atoms. The molecule has 2 radical (unpaired) electrons. The van der Waals surface area contributed by atoms with Gasteiger partial charge in [-0.1, -0.05) is 12.2 Å². The SMILES string of the molecule is [B]C(C#N)C(=C)C. The van der Waals surface area contributed by atoms with Crippen LogP contribution in [0.1, 0.15) is 6.92 Å². The van der Waals surface area contributed by atoms with Crippen LogP contribution < -0.4 is 0 Å². The van der Waals surface area contributed by atoms with E-state index in [0.29, 0.717) is 5.57 Å². The van der Waals surface area contributed by atoms with Gasteiger partial charge in [0, 0.05) is 5.82 Å². The van der Waals surface area contributed by atoms with E-state index in [9.17, 15) is 0 Å². The predicted molar refractivity (Wildman–Crippen MR) is 29.9 cm³/mol. The second-order valence-corrected chi connectivity index (χ2v) is 1.45. The first-order chi connectivity index (χ1) is 3.18. The summed E-state index contributed by atoms with van der Waals surface area (Å²) in [7, 11) is 5.16. The van der Waals surface area contributed by atoms with Crippen molar-refractivity contribution in [2.24, 2.45) is 0 Å². The summed E-state index contributed by atoms with van der Waals surface area (Å²) < 4.78 is 0. The summed E-state index contributed by atoms with van der Waals surface area (Å²) in [5, 5.41) is 8.07. The Morgan fingerprint density at radius 1 is 2.00 bits per heavy atom. The van der Waals surface area contributed by atoms with Gasteiger partial charge in [0.15, 0.2) is 0 Å². The van der Waals surface area contributed by atoms with Crippen LogP contribution in [-0.4, -0.2) is 7.85 Å². The van der Waals surface area contributed by atoms with E-state index >= 15 is 0 Å². The van der Waals surface area contributed by atoms with Crippen LogP contribution in [0.2, 0.25) is 5.82 Å². The second kappa shape index (κ2) is 2.46. The van der Waals surface area contributed by atoms with Crippen LogP contribution >= 0.6 is 0 Å². The maximum Gasteiger partial charge on any atom is 0.0964 e. The second-order valence-electron chi connectivity index (χ2n) is 1.45. The largest absolute Gasteiger partial charge is 0.199 e. The van der Waals surface area contributed by atoms with Crippen molar-refractivity contribution >= 4 is 7.85 Å². The van der Waals surface area contributed by atoms with E-state index < -0.39 is 5.82 Å². The lowest BCUT2D eigenvalue weighted by molar-refractivity contribution is 1.21. The molecule has 0 aromatic heterocycles. The maximum absolute atomic E-state index is 8.07. The molecular weight excluding hydrogens is 84.9 g/mol. The maximum atomic E-state index is 8.07. The molecule has 0 aliphatic heterocycles. The average molecular weight is 90.9 g/mol. The van der Waals surface area contributed by atoms with Crippen LogP contribution in [0, 0.1) is 11.3 Å². The fourth-order valence-corrected chi connectivity index (χ4v) is 0.110. The van der Waals surface area contributed by atoms with Crippen LogP contribution in [0.15, 0.2) is 12.2 Å². The first-order valence-corrected chi connectivity index (χ1v) is 1.99. The monoisotopic (exact) mass is 91.1 g/mol. The summed E-state index contributed by atoms with van der Waals surface area (Å²) in [4.78, 5) is 0. The molecule has 1 atom stereocenters. The van der Waals surface area contributed by atoms with Crippen LogP contribution in [0.3, 0.4) is 0 Å². The van der Waals surface area contributed by atoms with Crippen molar-refractivity contribution in [3.05, 3.63) is 12.2 Å². The molecule has 0 amide bonds. The van der Waals surface area contributed by atoms with E-state index in [-0.39, 0.29) is 0 Å². The van der Waals surface area contributed by atoms with Crippen LogP contribution in [0.5, 0.6) is 0 Å². The third-order valence-electron chi connectivity index (χ3n) is 0.670. The average Bonchev–Trinajstić information content (AvgIpc) is 1.65. The summed E-state index contributed by atoms with van der Waals surface area (Å²) >= 11 is 0. The minimum Gasteiger partial charge on any atom is -0.199 e. The fraction of sp³-hybridized carbons (Fsp3) is 0.400. The lowest BCUT2D eigenvalue weighted by Crippen LogP contribution is -1.85. The molecule has 1 unspecified atom stereocenters. The van der Waals surface area contributed by atoms with Gasteiger partial charge in [0.2, 0.25) is 0 Å². The fourth-order valence-electron chi connectivity index (χ4n) is 0.110. The van der Waals surface area contributed by atoms with Gasteiger partial charge >= 0.3 is 0 Å². The van der Waals surface area contributed by atoms with Gasteiger partial charge in [-0.3, -0.25) is 0 Å². The molecule has 7 heavy (non-hydrogen) atoms. The number of hydrogen-bond acceptors (Lipinski definition) is 1. The normalized spacial score (nSPS) is 12.0. The standard InChI is InChI=1S/C5H6BN/c1-4(2)5(6)3-7/h5H,1H2,2H3. The highest BCUT2D eigenvalue weighted by Crippen LogP contribution is 2.06. The third-order valence-corrected chi connectivity index (χ3v) is 0.670. The molecular formula is C5H6BN. The zero-order chi connectivity index (χ0) is 5.86. The number of allylic oxidation sites excluding steroid dienone is 1. The van der Waals surface area contributed by atoms with Gasteiger partial charge in [0.25, 0.3) is 0 Å². The Balaban J connectivity index is 3.63. The number of nitrogens with zero attached hydrogens (tertiary/aromatic N) is 1. The minimum atomic E-state index is -0.486. The Bertz CT molecular complexity index is 112. The van der Waals surface area contributed by atoms with Gasteiger partial charge in [-0.2, -0.15) is 5.26 Å². The van der Waals surface area contributed by atoms with Crippen molar-refractivity contribution in [3.63, 3.8) is 0 Å². The topological polar surface area (TPSA) is 23.8 Å². The van der Waals surface area contributed by atoms with Gasteiger partial charge in [0.05, 0.1) is 13.9 Å². The summed E-state index contributed by atoms with van der Waals surface area (Å²) in [6.07, 6.45) is 0. The van der Waals surface area contributed by atoms with E-state index in [1.165, 1.54) is 0 Å². The highest BCUT2D eigenvalue weighted by Gasteiger charge is 1.94. The first kappa shape index (κ1) is 6.29. The summed E-state index contributed by atoms with van der Waals surface area (Å²) in [6, 6.07) is 1.84. The quantitative estimate of drug-likeness (QED) is 0.349. The smallest absolute Gasteiger partial charge is 0.0964 e. The van der Waals surface area contributed by atoms with Gasteiger partial charge in [-0.25, -0.2) is 0 Å². The summed E-state index contributed by atoms with van der Waals surface area (Å²) in [5.74, 6) is -0.486. The number of rotatable bonds is 1. The van der Waals surface area contributed by atoms with Gasteiger partial charge < -0.3 is 0 Å². The lowest BCUT2D eigenvalue weighted by atomic mass is 9.84. The lowest BCUT2D eigenvalue weighted by Gasteiger charge is -1.94. The molecule has 0 aromatic carbocycles. The predicted octanol–water partition coefficient (Wildman–Crippen LogP) is 1.04. The van der Waals surface area contributed by atoms with Crippen molar-refractivity contribution in [1.82, 2.24) is 0 Å². The molecule has 2 heteroatoms. The Morgan fingerprint density at radius 2 is 2.43 bits per heavy atom. The highest BCUT2D eigenvalue weighted by atomic mass is 14.2. The molecule has 0 rings (SSSR count). The van der Waals surface area contributed by atoms with Crippen molar-refractivity contribution in [2.75, 3.05) is 0 Å². The van der Waals surface area contributed by atoms with E-state index in [4.69, 9.17) is 13.1 Å². The highest BCUT2D eigenvalue weighted by molar-refractivity contribution is 6.15. The molecule has 0 spiro atoms. The Labute approximate surface area is 45.1 Å². The van der Waals surface area contributed by atoms with Crippen LogP contribution in [0.4, 0.5) is 0 Å². The van der Waals surface area contributed by atoms with E-state index in [1.807, 2.05) is 6.07 Å². The van der Waals surface area contributed by atoms with Crippen LogP contribution in [-0.2, 0) is 0 Å². The molecule has 0 heterocycles. The molecule has 0 N–H and O–H groups in total. The Morgan fingerprint density at radius 3 is 2.43 bits per heavy atom. The zero-order valence-electron chi connectivity index (χ0n) is 4.31. The van der Waals surface area contributed by atoms with E-state index in [1.54, 1.807) is 6.92 Å². The molecule has 0 fully saturated rings. The van der Waals surface area contributed by atoms with E-state index in [2.05, 4.69) is 6.58 Å². The first-order valence-electron chi connectivity index (χ1n) is 1.99. The Kier molecular flexibility index (Phi) is 2.22. The van der Waals surface area contributed by atoms with Crippen molar-refractivity contribution < 1.29 is 0 Å². The molecule has 34 valence electrons. The summed E-state index contributed by atoms with van der Waals surface area (Å²) in [5.41, 5.74) is 0.711.